The summed E-state index contributed by atoms with van der Waals surface area (Å²) in [6.45, 7) is 2.27. The van der Waals surface area contributed by atoms with Gasteiger partial charge in [0.2, 0.25) is 5.76 Å². The average Bonchev–Trinajstić information content (AvgIpc) is 3.37. The maximum Gasteiger partial charge on any atom is 0.292 e. The minimum absolute atomic E-state index is 0.0735. The number of likely N-dealkylation sites (tertiary alicyclic amines) is 2. The van der Waals surface area contributed by atoms with Crippen LogP contribution in [0.2, 0.25) is 0 Å². The molecule has 3 aliphatic rings. The van der Waals surface area contributed by atoms with Gasteiger partial charge in [0.1, 0.15) is 0 Å². The summed E-state index contributed by atoms with van der Waals surface area (Å²) in [5, 5.41) is 7.61. The SMILES string of the molecule is COc1cc(C(=O)N2C[C@@H]3C(C(=O)N4CCCC4)=NO[C@@H]3C2)on1. The highest BCUT2D eigenvalue weighted by Gasteiger charge is 2.47. The molecule has 0 bridgehead atoms. The van der Waals surface area contributed by atoms with Crippen molar-refractivity contribution in [2.75, 3.05) is 33.3 Å². The second-order valence-electron chi connectivity index (χ2n) is 6.17. The van der Waals surface area contributed by atoms with Gasteiger partial charge in [0.25, 0.3) is 17.7 Å². The number of aromatic nitrogens is 1. The molecule has 2 atom stereocenters. The standard InChI is InChI=1S/C15H18N4O5/c1-22-12-6-10(23-16-12)14(20)19-7-9-11(8-19)24-17-13(9)15(21)18-4-2-3-5-18/h6,9,11H,2-5,7-8H2,1H3/t9-,11+/m0/s1. The van der Waals surface area contributed by atoms with Gasteiger partial charge in [-0.05, 0) is 18.0 Å². The maximum atomic E-state index is 12.5. The van der Waals surface area contributed by atoms with Crippen LogP contribution in [0.3, 0.4) is 0 Å². The van der Waals surface area contributed by atoms with Gasteiger partial charge in [-0.15, -0.1) is 0 Å². The number of carbonyl (C=O) groups is 2. The number of nitrogens with zero attached hydrogens (tertiary/aromatic N) is 4. The number of fused-ring (bicyclic) bond motifs is 1. The van der Waals surface area contributed by atoms with Crippen molar-refractivity contribution >= 4 is 17.5 Å². The van der Waals surface area contributed by atoms with E-state index in [2.05, 4.69) is 10.3 Å². The van der Waals surface area contributed by atoms with Crippen LogP contribution in [0.5, 0.6) is 5.88 Å². The van der Waals surface area contributed by atoms with E-state index in [0.29, 0.717) is 18.8 Å². The first kappa shape index (κ1) is 15.0. The fourth-order valence-corrected chi connectivity index (χ4v) is 3.39. The fourth-order valence-electron chi connectivity index (χ4n) is 3.39. The van der Waals surface area contributed by atoms with Gasteiger partial charge in [0, 0.05) is 19.6 Å². The van der Waals surface area contributed by atoms with Crippen molar-refractivity contribution in [2.45, 2.75) is 18.9 Å². The smallest absolute Gasteiger partial charge is 0.292 e. The van der Waals surface area contributed by atoms with E-state index in [0.717, 1.165) is 25.9 Å². The molecule has 4 heterocycles. The van der Waals surface area contributed by atoms with Crippen LogP contribution < -0.4 is 4.74 Å². The predicted molar refractivity (Wildman–Crippen MR) is 80.6 cm³/mol. The first-order chi connectivity index (χ1) is 11.7. The summed E-state index contributed by atoms with van der Waals surface area (Å²) >= 11 is 0. The molecule has 1 aromatic heterocycles. The minimum Gasteiger partial charge on any atom is -0.479 e. The number of hydrogen-bond acceptors (Lipinski definition) is 7. The number of carbonyl (C=O) groups excluding carboxylic acids is 2. The van der Waals surface area contributed by atoms with Gasteiger partial charge in [-0.25, -0.2) is 0 Å². The van der Waals surface area contributed by atoms with Crippen molar-refractivity contribution in [3.63, 3.8) is 0 Å². The van der Waals surface area contributed by atoms with E-state index in [1.165, 1.54) is 13.2 Å². The minimum atomic E-state index is -0.295. The third-order valence-corrected chi connectivity index (χ3v) is 4.71. The van der Waals surface area contributed by atoms with E-state index < -0.39 is 0 Å². The number of amides is 2. The zero-order valence-corrected chi connectivity index (χ0v) is 13.3. The van der Waals surface area contributed by atoms with Crippen LogP contribution in [-0.4, -0.2) is 71.9 Å². The van der Waals surface area contributed by atoms with Gasteiger partial charge >= 0.3 is 0 Å². The fraction of sp³-hybridized carbons (Fsp3) is 0.600. The summed E-state index contributed by atoms with van der Waals surface area (Å²) in [6, 6.07) is 1.45. The van der Waals surface area contributed by atoms with E-state index in [9.17, 15) is 9.59 Å². The number of rotatable bonds is 3. The Bertz CT molecular complexity index is 694. The molecule has 0 spiro atoms. The van der Waals surface area contributed by atoms with Gasteiger partial charge in [-0.3, -0.25) is 9.59 Å². The van der Waals surface area contributed by atoms with Crippen molar-refractivity contribution in [2.24, 2.45) is 11.1 Å². The molecular weight excluding hydrogens is 316 g/mol. The molecule has 2 amide bonds. The van der Waals surface area contributed by atoms with E-state index in [1.54, 1.807) is 9.80 Å². The lowest BCUT2D eigenvalue weighted by Gasteiger charge is -2.17. The van der Waals surface area contributed by atoms with Gasteiger partial charge < -0.3 is 23.9 Å². The summed E-state index contributed by atoms with van der Waals surface area (Å²) in [4.78, 5) is 33.8. The molecule has 0 aliphatic carbocycles. The van der Waals surface area contributed by atoms with Crippen LogP contribution >= 0.6 is 0 Å². The Morgan fingerprint density at radius 2 is 2.00 bits per heavy atom. The normalized spacial score (nSPS) is 25.5. The molecule has 128 valence electrons. The third-order valence-electron chi connectivity index (χ3n) is 4.71. The molecular formula is C15H18N4O5. The molecule has 0 saturated carbocycles. The van der Waals surface area contributed by atoms with Crippen molar-refractivity contribution in [3.8, 4) is 5.88 Å². The predicted octanol–water partition coefficient (Wildman–Crippen LogP) is 0.132. The highest BCUT2D eigenvalue weighted by molar-refractivity contribution is 6.40. The second kappa shape index (κ2) is 5.81. The Balaban J connectivity index is 1.45. The van der Waals surface area contributed by atoms with Gasteiger partial charge in [0.15, 0.2) is 11.8 Å². The summed E-state index contributed by atoms with van der Waals surface area (Å²) in [5.41, 5.74) is 0.423. The first-order valence-electron chi connectivity index (χ1n) is 8.00. The molecule has 1 aromatic rings. The van der Waals surface area contributed by atoms with Crippen molar-refractivity contribution in [1.82, 2.24) is 15.0 Å². The van der Waals surface area contributed by atoms with Crippen LogP contribution in [0.25, 0.3) is 0 Å². The first-order valence-corrected chi connectivity index (χ1v) is 8.00. The monoisotopic (exact) mass is 334 g/mol. The highest BCUT2D eigenvalue weighted by atomic mass is 16.6. The molecule has 9 heteroatoms. The lowest BCUT2D eigenvalue weighted by molar-refractivity contribution is -0.123. The Morgan fingerprint density at radius 1 is 1.21 bits per heavy atom. The van der Waals surface area contributed by atoms with Crippen molar-refractivity contribution in [1.29, 1.82) is 0 Å². The molecule has 0 radical (unpaired) electrons. The molecule has 2 saturated heterocycles. The van der Waals surface area contributed by atoms with Crippen LogP contribution in [0, 0.1) is 5.92 Å². The van der Waals surface area contributed by atoms with Gasteiger partial charge in [-0.2, -0.15) is 0 Å². The lowest BCUT2D eigenvalue weighted by atomic mass is 10.00. The van der Waals surface area contributed by atoms with Crippen LogP contribution in [0.1, 0.15) is 23.4 Å². The zero-order chi connectivity index (χ0) is 16.7. The van der Waals surface area contributed by atoms with E-state index in [-0.39, 0.29) is 35.5 Å². The second-order valence-corrected chi connectivity index (χ2v) is 6.17. The van der Waals surface area contributed by atoms with E-state index in [1.807, 2.05) is 0 Å². The molecule has 0 unspecified atom stereocenters. The van der Waals surface area contributed by atoms with Crippen LogP contribution in [0.4, 0.5) is 0 Å². The van der Waals surface area contributed by atoms with Crippen molar-refractivity contribution in [3.05, 3.63) is 11.8 Å². The molecule has 3 aliphatic heterocycles. The zero-order valence-electron chi connectivity index (χ0n) is 13.3. The number of ether oxygens (including phenoxy) is 1. The Kier molecular flexibility index (Phi) is 3.62. The van der Waals surface area contributed by atoms with Gasteiger partial charge in [0.05, 0.1) is 25.6 Å². The number of hydrogen-bond donors (Lipinski definition) is 0. The highest BCUT2D eigenvalue weighted by Crippen LogP contribution is 2.30. The molecule has 0 aromatic carbocycles. The average molecular weight is 334 g/mol. The summed E-state index contributed by atoms with van der Waals surface area (Å²) in [5.74, 6) is -0.198. The topological polar surface area (TPSA) is 97.5 Å². The quantitative estimate of drug-likeness (QED) is 0.779. The summed E-state index contributed by atoms with van der Waals surface area (Å²) in [7, 11) is 1.45. The van der Waals surface area contributed by atoms with Crippen molar-refractivity contribution < 1.29 is 23.7 Å². The molecule has 9 nitrogen and oxygen atoms in total. The summed E-state index contributed by atoms with van der Waals surface area (Å²) < 4.78 is 9.91. The third kappa shape index (κ3) is 2.40. The summed E-state index contributed by atoms with van der Waals surface area (Å²) in [6.07, 6.45) is 1.76. The maximum absolute atomic E-state index is 12.5. The van der Waals surface area contributed by atoms with Crippen LogP contribution in [-0.2, 0) is 9.63 Å². The van der Waals surface area contributed by atoms with Gasteiger partial charge in [-0.1, -0.05) is 5.16 Å². The Labute approximate surface area is 138 Å². The molecule has 4 rings (SSSR count). The Hall–Kier alpha value is -2.58. The van der Waals surface area contributed by atoms with E-state index in [4.69, 9.17) is 14.1 Å². The number of oxime groups is 1. The molecule has 24 heavy (non-hydrogen) atoms. The molecule has 2 fully saturated rings. The lowest BCUT2D eigenvalue weighted by Crippen LogP contribution is -2.39. The Morgan fingerprint density at radius 3 is 2.71 bits per heavy atom. The van der Waals surface area contributed by atoms with E-state index >= 15 is 0 Å². The largest absolute Gasteiger partial charge is 0.479 e. The number of methoxy groups -OCH3 is 1. The van der Waals surface area contributed by atoms with Crippen LogP contribution in [0.15, 0.2) is 15.7 Å². The molecule has 0 N–H and O–H groups in total.